The van der Waals surface area contributed by atoms with E-state index >= 15 is 0 Å². The fraction of sp³-hybridized carbons (Fsp3) is 0.368. The number of halogens is 1. The number of hydrogen-bond donors (Lipinski definition) is 3. The lowest BCUT2D eigenvalue weighted by atomic mass is 10.1. The summed E-state index contributed by atoms with van der Waals surface area (Å²) in [5.41, 5.74) is 0.430. The third-order valence-electron chi connectivity index (χ3n) is 4.41. The largest absolute Gasteiger partial charge is 0.339 e. The first-order valence-electron chi connectivity index (χ1n) is 9.24. The normalized spacial score (nSPS) is 16.4. The van der Waals surface area contributed by atoms with Crippen molar-refractivity contribution >= 4 is 29.3 Å². The summed E-state index contributed by atoms with van der Waals surface area (Å²) in [6.45, 7) is 3.11. The summed E-state index contributed by atoms with van der Waals surface area (Å²) < 4.78 is 14.0. The van der Waals surface area contributed by atoms with Crippen LogP contribution in [-0.4, -0.2) is 41.0 Å². The van der Waals surface area contributed by atoms with E-state index in [1.54, 1.807) is 25.4 Å². The lowest BCUT2D eigenvalue weighted by Crippen LogP contribution is -2.49. The average molecular weight is 386 g/mol. The minimum absolute atomic E-state index is 0.00506. The molecule has 1 fully saturated rings. The molecule has 0 bridgehead atoms. The zero-order valence-corrected chi connectivity index (χ0v) is 15.6. The fourth-order valence-electron chi connectivity index (χ4n) is 3.02. The van der Waals surface area contributed by atoms with E-state index in [0.717, 1.165) is 19.4 Å². The zero-order chi connectivity index (χ0) is 19.9. The number of urea groups is 1. The summed E-state index contributed by atoms with van der Waals surface area (Å²) in [5.74, 6) is -0.139. The SMILES string of the molecule is CCC(=O)Nc1ccc(F)c(NC(=O)NC2CCCN(c3ncccn3)C2)c1. The van der Waals surface area contributed by atoms with Crippen LogP contribution < -0.4 is 20.9 Å². The first-order valence-corrected chi connectivity index (χ1v) is 9.24. The summed E-state index contributed by atoms with van der Waals surface area (Å²) in [6, 6.07) is 5.19. The van der Waals surface area contributed by atoms with Crippen LogP contribution in [-0.2, 0) is 4.79 Å². The number of amides is 3. The number of hydrogen-bond acceptors (Lipinski definition) is 5. The van der Waals surface area contributed by atoms with Gasteiger partial charge in [-0.2, -0.15) is 0 Å². The molecule has 28 heavy (non-hydrogen) atoms. The molecule has 0 radical (unpaired) electrons. The van der Waals surface area contributed by atoms with Gasteiger partial charge in [-0.15, -0.1) is 0 Å². The quantitative estimate of drug-likeness (QED) is 0.734. The van der Waals surface area contributed by atoms with Gasteiger partial charge in [0.1, 0.15) is 5.82 Å². The summed E-state index contributed by atoms with van der Waals surface area (Å²) in [5, 5.41) is 8.02. The van der Waals surface area contributed by atoms with Crippen molar-refractivity contribution in [1.29, 1.82) is 0 Å². The zero-order valence-electron chi connectivity index (χ0n) is 15.6. The molecular formula is C19H23FN6O2. The molecule has 2 aromatic rings. The first-order chi connectivity index (χ1) is 13.5. The Bertz CT molecular complexity index is 832. The molecule has 9 heteroatoms. The highest BCUT2D eigenvalue weighted by Crippen LogP contribution is 2.20. The van der Waals surface area contributed by atoms with E-state index in [-0.39, 0.29) is 17.6 Å². The molecule has 2 heterocycles. The van der Waals surface area contributed by atoms with Crippen LogP contribution in [0.4, 0.5) is 26.5 Å². The maximum Gasteiger partial charge on any atom is 0.319 e. The molecule has 1 aliphatic heterocycles. The Hall–Kier alpha value is -3.23. The lowest BCUT2D eigenvalue weighted by molar-refractivity contribution is -0.115. The molecule has 0 spiro atoms. The van der Waals surface area contributed by atoms with Crippen molar-refractivity contribution in [1.82, 2.24) is 15.3 Å². The highest BCUT2D eigenvalue weighted by molar-refractivity contribution is 5.93. The van der Waals surface area contributed by atoms with Gasteiger partial charge in [0.25, 0.3) is 0 Å². The van der Waals surface area contributed by atoms with Gasteiger partial charge < -0.3 is 20.9 Å². The van der Waals surface area contributed by atoms with Crippen LogP contribution >= 0.6 is 0 Å². The Kier molecular flexibility index (Phi) is 6.36. The van der Waals surface area contributed by atoms with E-state index in [1.807, 2.05) is 4.90 Å². The maximum atomic E-state index is 14.0. The minimum atomic E-state index is -0.576. The number of anilines is 3. The van der Waals surface area contributed by atoms with E-state index in [2.05, 4.69) is 25.9 Å². The van der Waals surface area contributed by atoms with Crippen LogP contribution in [0.3, 0.4) is 0 Å². The Labute approximate surface area is 162 Å². The van der Waals surface area contributed by atoms with Crippen molar-refractivity contribution in [2.24, 2.45) is 0 Å². The number of nitrogens with one attached hydrogen (secondary N) is 3. The van der Waals surface area contributed by atoms with Gasteiger partial charge in [-0.3, -0.25) is 4.79 Å². The predicted octanol–water partition coefficient (Wildman–Crippen LogP) is 2.75. The van der Waals surface area contributed by atoms with Crippen molar-refractivity contribution in [2.75, 3.05) is 28.6 Å². The molecule has 1 atom stereocenters. The molecule has 1 aliphatic rings. The second-order valence-corrected chi connectivity index (χ2v) is 6.53. The van der Waals surface area contributed by atoms with E-state index in [9.17, 15) is 14.0 Å². The predicted molar refractivity (Wildman–Crippen MR) is 105 cm³/mol. The lowest BCUT2D eigenvalue weighted by Gasteiger charge is -2.33. The highest BCUT2D eigenvalue weighted by atomic mass is 19.1. The summed E-state index contributed by atoms with van der Waals surface area (Å²) >= 11 is 0. The maximum absolute atomic E-state index is 14.0. The van der Waals surface area contributed by atoms with Crippen molar-refractivity contribution in [3.05, 3.63) is 42.5 Å². The van der Waals surface area contributed by atoms with E-state index < -0.39 is 11.8 Å². The van der Waals surface area contributed by atoms with E-state index in [4.69, 9.17) is 0 Å². The van der Waals surface area contributed by atoms with Gasteiger partial charge in [-0.1, -0.05) is 6.92 Å². The van der Waals surface area contributed by atoms with Gasteiger partial charge in [0.05, 0.1) is 5.69 Å². The van der Waals surface area contributed by atoms with Gasteiger partial charge in [0.2, 0.25) is 11.9 Å². The Morgan fingerprint density at radius 3 is 2.79 bits per heavy atom. The molecule has 3 rings (SSSR count). The molecule has 1 aromatic heterocycles. The number of carbonyl (C=O) groups is 2. The van der Waals surface area contributed by atoms with Crippen molar-refractivity contribution < 1.29 is 14.0 Å². The van der Waals surface area contributed by atoms with Crippen LogP contribution in [0.2, 0.25) is 0 Å². The molecule has 0 aliphatic carbocycles. The van der Waals surface area contributed by atoms with Crippen molar-refractivity contribution in [3.63, 3.8) is 0 Å². The van der Waals surface area contributed by atoms with Gasteiger partial charge >= 0.3 is 6.03 Å². The molecule has 1 unspecified atom stereocenters. The molecule has 1 aromatic carbocycles. The molecule has 8 nitrogen and oxygen atoms in total. The monoisotopic (exact) mass is 386 g/mol. The smallest absolute Gasteiger partial charge is 0.319 e. The minimum Gasteiger partial charge on any atom is -0.339 e. The molecule has 1 saturated heterocycles. The third-order valence-corrected chi connectivity index (χ3v) is 4.41. The molecule has 3 N–H and O–H groups in total. The number of nitrogens with zero attached hydrogens (tertiary/aromatic N) is 3. The summed E-state index contributed by atoms with van der Waals surface area (Å²) in [4.78, 5) is 34.3. The fourth-order valence-corrected chi connectivity index (χ4v) is 3.02. The van der Waals surface area contributed by atoms with Gasteiger partial charge in [0, 0.05) is 43.6 Å². The molecule has 3 amide bonds. The topological polar surface area (TPSA) is 99.2 Å². The number of rotatable bonds is 5. The second-order valence-electron chi connectivity index (χ2n) is 6.53. The summed E-state index contributed by atoms with van der Waals surface area (Å²) in [6.07, 6.45) is 5.37. The van der Waals surface area contributed by atoms with Gasteiger partial charge in [-0.05, 0) is 37.1 Å². The van der Waals surface area contributed by atoms with Crippen LogP contribution in [0.25, 0.3) is 0 Å². The average Bonchev–Trinajstić information content (AvgIpc) is 2.71. The van der Waals surface area contributed by atoms with Crippen LogP contribution in [0.15, 0.2) is 36.7 Å². The van der Waals surface area contributed by atoms with Crippen LogP contribution in [0.5, 0.6) is 0 Å². The summed E-state index contributed by atoms with van der Waals surface area (Å²) in [7, 11) is 0. The molecule has 0 saturated carbocycles. The number of carbonyl (C=O) groups excluding carboxylic acids is 2. The van der Waals surface area contributed by atoms with Crippen molar-refractivity contribution in [3.8, 4) is 0 Å². The van der Waals surface area contributed by atoms with Crippen LogP contribution in [0.1, 0.15) is 26.2 Å². The number of aromatic nitrogens is 2. The van der Waals surface area contributed by atoms with Crippen molar-refractivity contribution in [2.45, 2.75) is 32.2 Å². The molecule has 148 valence electrons. The Morgan fingerprint density at radius 1 is 1.25 bits per heavy atom. The van der Waals surface area contributed by atoms with E-state index in [1.165, 1.54) is 18.2 Å². The Morgan fingerprint density at radius 2 is 2.04 bits per heavy atom. The Balaban J connectivity index is 1.59. The van der Waals surface area contributed by atoms with Crippen LogP contribution in [0, 0.1) is 5.82 Å². The van der Waals surface area contributed by atoms with Gasteiger partial charge in [0.15, 0.2) is 0 Å². The first kappa shape index (κ1) is 19.5. The number of benzene rings is 1. The highest BCUT2D eigenvalue weighted by Gasteiger charge is 2.23. The van der Waals surface area contributed by atoms with E-state index in [0.29, 0.717) is 24.6 Å². The second kappa shape index (κ2) is 9.12. The van der Waals surface area contributed by atoms with Gasteiger partial charge in [-0.25, -0.2) is 19.2 Å². The standard InChI is InChI=1S/C19H23FN6O2/c1-2-17(27)23-13-6-7-15(20)16(11-13)25-19(28)24-14-5-3-10-26(12-14)18-21-8-4-9-22-18/h4,6-9,11,14H,2-3,5,10,12H2,1H3,(H,23,27)(H2,24,25,28). The number of piperidine rings is 1. The third kappa shape index (κ3) is 5.15. The molecular weight excluding hydrogens is 363 g/mol.